The summed E-state index contributed by atoms with van der Waals surface area (Å²) in [6.07, 6.45) is 0. The number of hydrogen-bond donors (Lipinski definition) is 0. The maximum Gasteiger partial charge on any atom is 0.178 e. The number of nitrogens with zero attached hydrogens (tertiary/aromatic N) is 3. The number of benzene rings is 1. The summed E-state index contributed by atoms with van der Waals surface area (Å²) in [6, 6.07) is 7.98. The minimum atomic E-state index is -3.12. The minimum absolute atomic E-state index is 0.153. The molecular weight excluding hydrogens is 322 g/mol. The van der Waals surface area contributed by atoms with Gasteiger partial charge in [0.25, 0.3) is 0 Å². The van der Waals surface area contributed by atoms with Gasteiger partial charge in [0.05, 0.1) is 10.6 Å². The summed E-state index contributed by atoms with van der Waals surface area (Å²) in [6.45, 7) is 12.2. The van der Waals surface area contributed by atoms with Gasteiger partial charge in [-0.3, -0.25) is 4.90 Å². The van der Waals surface area contributed by atoms with Crippen LogP contribution in [0.2, 0.25) is 0 Å². The van der Waals surface area contributed by atoms with E-state index < -0.39 is 9.84 Å². The first-order chi connectivity index (χ1) is 11.5. The zero-order valence-corrected chi connectivity index (χ0v) is 16.2. The monoisotopic (exact) mass is 353 g/mol. The first-order valence-electron chi connectivity index (χ1n) is 9.00. The van der Waals surface area contributed by atoms with Crippen molar-refractivity contribution in [1.29, 1.82) is 0 Å². The Morgan fingerprint density at radius 1 is 1.08 bits per heavy atom. The van der Waals surface area contributed by atoms with E-state index in [2.05, 4.69) is 21.7 Å². The molecule has 24 heavy (non-hydrogen) atoms. The Labute approximate surface area is 147 Å². The van der Waals surface area contributed by atoms with Crippen molar-refractivity contribution in [1.82, 2.24) is 9.80 Å². The van der Waals surface area contributed by atoms with Gasteiger partial charge in [0.1, 0.15) is 0 Å². The molecule has 0 N–H and O–H groups in total. The van der Waals surface area contributed by atoms with Crippen LogP contribution in [0.15, 0.2) is 29.2 Å². The van der Waals surface area contributed by atoms with Crippen LogP contribution in [0.25, 0.3) is 0 Å². The van der Waals surface area contributed by atoms with Crippen molar-refractivity contribution in [2.75, 3.05) is 57.0 Å². The lowest BCUT2D eigenvalue weighted by atomic mass is 10.0. The lowest BCUT2D eigenvalue weighted by molar-refractivity contribution is 0.0963. The molecule has 2 saturated heterocycles. The van der Waals surface area contributed by atoms with E-state index in [1.807, 2.05) is 32.0 Å². The normalized spacial score (nSPS) is 20.2. The van der Waals surface area contributed by atoms with E-state index in [1.54, 1.807) is 13.0 Å². The van der Waals surface area contributed by atoms with E-state index in [0.717, 1.165) is 45.0 Å². The molecule has 1 aromatic rings. The second kappa shape index (κ2) is 8.32. The summed E-state index contributed by atoms with van der Waals surface area (Å²) in [5.74, 6) is 0.153. The van der Waals surface area contributed by atoms with Crippen molar-refractivity contribution in [2.45, 2.75) is 31.7 Å². The molecule has 0 saturated carbocycles. The lowest BCUT2D eigenvalue weighted by Crippen LogP contribution is -2.63. The second-order valence-electron chi connectivity index (χ2n) is 6.30. The summed E-state index contributed by atoms with van der Waals surface area (Å²) >= 11 is 0. The summed E-state index contributed by atoms with van der Waals surface area (Å²) in [7, 11) is -0.950. The highest BCUT2D eigenvalue weighted by Crippen LogP contribution is 2.26. The van der Waals surface area contributed by atoms with E-state index in [0.29, 0.717) is 10.9 Å². The molecule has 0 bridgehead atoms. The fraction of sp³-hybridized carbons (Fsp3) is 0.667. The standard InChI is InChI=1S/C16H25N3O2S.C2H6/c1-3-22(20,21)16-6-4-5-14(11-16)19-12-15(13-19)18-9-7-17(2)8-10-18;1-2/h4-6,11,15H,3,7-10,12-13H2,1-2H3;1-2H3. The summed E-state index contributed by atoms with van der Waals surface area (Å²) in [5.41, 5.74) is 1.03. The van der Waals surface area contributed by atoms with Crippen LogP contribution in [0.3, 0.4) is 0 Å². The van der Waals surface area contributed by atoms with Gasteiger partial charge in [-0.25, -0.2) is 8.42 Å². The van der Waals surface area contributed by atoms with Gasteiger partial charge in [0, 0.05) is 51.0 Å². The molecule has 0 spiro atoms. The second-order valence-corrected chi connectivity index (χ2v) is 8.58. The number of anilines is 1. The molecule has 3 rings (SSSR count). The van der Waals surface area contributed by atoms with Crippen LogP contribution in [0.1, 0.15) is 20.8 Å². The van der Waals surface area contributed by atoms with Crippen LogP contribution in [-0.4, -0.2) is 76.3 Å². The molecule has 1 aromatic carbocycles. The van der Waals surface area contributed by atoms with E-state index in [4.69, 9.17) is 0 Å². The zero-order chi connectivity index (χ0) is 17.7. The first kappa shape index (κ1) is 19.2. The number of piperazine rings is 1. The number of hydrogen-bond acceptors (Lipinski definition) is 5. The average molecular weight is 354 g/mol. The molecule has 0 aliphatic carbocycles. The zero-order valence-electron chi connectivity index (χ0n) is 15.4. The van der Waals surface area contributed by atoms with Crippen molar-refractivity contribution in [3.63, 3.8) is 0 Å². The first-order valence-corrected chi connectivity index (χ1v) is 10.6. The third-order valence-electron chi connectivity index (χ3n) is 4.84. The van der Waals surface area contributed by atoms with E-state index in [1.165, 1.54) is 0 Å². The predicted octanol–water partition coefficient (Wildman–Crippen LogP) is 1.94. The number of sulfone groups is 1. The van der Waals surface area contributed by atoms with Crippen molar-refractivity contribution in [3.05, 3.63) is 24.3 Å². The molecule has 0 aromatic heterocycles. The quantitative estimate of drug-likeness (QED) is 0.828. The lowest BCUT2D eigenvalue weighted by Gasteiger charge is -2.48. The molecule has 0 atom stereocenters. The van der Waals surface area contributed by atoms with Crippen molar-refractivity contribution in [2.24, 2.45) is 0 Å². The number of likely N-dealkylation sites (N-methyl/N-ethyl adjacent to an activating group) is 1. The van der Waals surface area contributed by atoms with Crippen LogP contribution in [0.4, 0.5) is 5.69 Å². The van der Waals surface area contributed by atoms with Crippen LogP contribution in [0, 0.1) is 0 Å². The average Bonchev–Trinajstić information content (AvgIpc) is 2.57. The molecule has 0 unspecified atom stereocenters. The van der Waals surface area contributed by atoms with Gasteiger partial charge in [-0.2, -0.15) is 0 Å². The molecule has 2 aliphatic rings. The van der Waals surface area contributed by atoms with Gasteiger partial charge in [-0.05, 0) is 25.2 Å². The fourth-order valence-electron chi connectivity index (χ4n) is 3.12. The fourth-order valence-corrected chi connectivity index (χ4v) is 4.04. The SMILES string of the molecule is CC.CCS(=O)(=O)c1cccc(N2CC(N3CCN(C)CC3)C2)c1. The van der Waals surface area contributed by atoms with E-state index in [-0.39, 0.29) is 5.75 Å². The van der Waals surface area contributed by atoms with Crippen molar-refractivity contribution < 1.29 is 8.42 Å². The molecule has 0 amide bonds. The van der Waals surface area contributed by atoms with Gasteiger partial charge < -0.3 is 9.80 Å². The predicted molar refractivity (Wildman–Crippen MR) is 101 cm³/mol. The van der Waals surface area contributed by atoms with Crippen LogP contribution in [0.5, 0.6) is 0 Å². The largest absolute Gasteiger partial charge is 0.368 e. The highest BCUT2D eigenvalue weighted by Gasteiger charge is 2.33. The Kier molecular flexibility index (Phi) is 6.66. The molecule has 5 nitrogen and oxygen atoms in total. The summed E-state index contributed by atoms with van der Waals surface area (Å²) in [4.78, 5) is 7.64. The van der Waals surface area contributed by atoms with Crippen LogP contribution < -0.4 is 4.90 Å². The number of rotatable bonds is 4. The molecule has 2 aliphatic heterocycles. The Morgan fingerprint density at radius 2 is 1.71 bits per heavy atom. The summed E-state index contributed by atoms with van der Waals surface area (Å²) in [5, 5.41) is 0. The smallest absolute Gasteiger partial charge is 0.178 e. The maximum atomic E-state index is 12.0. The van der Waals surface area contributed by atoms with Gasteiger partial charge in [-0.15, -0.1) is 0 Å². The van der Waals surface area contributed by atoms with E-state index >= 15 is 0 Å². The third-order valence-corrected chi connectivity index (χ3v) is 6.57. The van der Waals surface area contributed by atoms with Gasteiger partial charge in [-0.1, -0.05) is 26.8 Å². The van der Waals surface area contributed by atoms with E-state index in [9.17, 15) is 8.42 Å². The highest BCUT2D eigenvalue weighted by molar-refractivity contribution is 7.91. The molecule has 136 valence electrons. The maximum absolute atomic E-state index is 12.0. The minimum Gasteiger partial charge on any atom is -0.368 e. The Morgan fingerprint density at radius 3 is 2.29 bits per heavy atom. The summed E-state index contributed by atoms with van der Waals surface area (Å²) < 4.78 is 24.0. The van der Waals surface area contributed by atoms with Gasteiger partial charge in [0.2, 0.25) is 0 Å². The third kappa shape index (κ3) is 4.29. The Bertz CT molecular complexity index is 619. The molecule has 2 heterocycles. The van der Waals surface area contributed by atoms with Crippen molar-refractivity contribution >= 4 is 15.5 Å². The van der Waals surface area contributed by atoms with Crippen molar-refractivity contribution in [3.8, 4) is 0 Å². The Hall–Kier alpha value is -1.11. The molecule has 0 radical (unpaired) electrons. The van der Waals surface area contributed by atoms with Crippen LogP contribution in [-0.2, 0) is 9.84 Å². The molecular formula is C18H31N3O2S. The van der Waals surface area contributed by atoms with Gasteiger partial charge in [0.15, 0.2) is 9.84 Å². The topological polar surface area (TPSA) is 43.9 Å². The van der Waals surface area contributed by atoms with Crippen LogP contribution >= 0.6 is 0 Å². The highest BCUT2D eigenvalue weighted by atomic mass is 32.2. The Balaban J connectivity index is 0.00000100. The molecule has 6 heteroatoms. The van der Waals surface area contributed by atoms with Gasteiger partial charge >= 0.3 is 0 Å². The molecule has 2 fully saturated rings.